The molecule has 1 aliphatic rings. The average Bonchev–Trinajstić information content (AvgIpc) is 2.78. The van der Waals surface area contributed by atoms with Crippen molar-refractivity contribution in [3.8, 4) is 0 Å². The zero-order valence-corrected chi connectivity index (χ0v) is 18.7. The third-order valence-electron chi connectivity index (χ3n) is 5.63. The van der Waals surface area contributed by atoms with Crippen LogP contribution in [0.5, 0.6) is 0 Å². The molecule has 0 spiro atoms. The number of benzene rings is 2. The number of hydrogen-bond acceptors (Lipinski definition) is 5. The van der Waals surface area contributed by atoms with Crippen LogP contribution in [-0.4, -0.2) is 72.3 Å². The van der Waals surface area contributed by atoms with Crippen LogP contribution in [0.3, 0.4) is 0 Å². The van der Waals surface area contributed by atoms with Crippen LogP contribution in [0.4, 0.5) is 4.79 Å². The Morgan fingerprint density at radius 3 is 2.44 bits per heavy atom. The van der Waals surface area contributed by atoms with Crippen LogP contribution in [0.25, 0.3) is 10.8 Å². The van der Waals surface area contributed by atoms with Gasteiger partial charge >= 0.3 is 13.1 Å². The molecule has 0 radical (unpaired) electrons. The van der Waals surface area contributed by atoms with E-state index in [1.807, 2.05) is 56.3 Å². The quantitative estimate of drug-likeness (QED) is 0.462. The molecule has 0 bridgehead atoms. The van der Waals surface area contributed by atoms with E-state index in [2.05, 4.69) is 10.6 Å². The van der Waals surface area contributed by atoms with Crippen molar-refractivity contribution in [2.75, 3.05) is 26.3 Å². The Kier molecular flexibility index (Phi) is 8.49. The highest BCUT2D eigenvalue weighted by Crippen LogP contribution is 2.20. The molecule has 1 saturated heterocycles. The van der Waals surface area contributed by atoms with E-state index in [1.54, 1.807) is 4.90 Å². The minimum Gasteiger partial charge on any atom is -0.426 e. The molecule has 3 amide bonds. The molecule has 1 heterocycles. The lowest BCUT2D eigenvalue weighted by atomic mass is 9.75. The summed E-state index contributed by atoms with van der Waals surface area (Å²) in [4.78, 5) is 27.7. The van der Waals surface area contributed by atoms with Gasteiger partial charge in [0.15, 0.2) is 0 Å². The van der Waals surface area contributed by atoms with Gasteiger partial charge in [0.25, 0.3) is 0 Å². The number of ether oxygens (including phenoxy) is 1. The first kappa shape index (κ1) is 24.0. The van der Waals surface area contributed by atoms with Crippen molar-refractivity contribution in [2.45, 2.75) is 38.7 Å². The number of nitrogens with one attached hydrogen (secondary N) is 2. The Hall–Kier alpha value is -2.62. The molecule has 1 fully saturated rings. The highest BCUT2D eigenvalue weighted by molar-refractivity contribution is 6.43. The highest BCUT2D eigenvalue weighted by Gasteiger charge is 2.31. The van der Waals surface area contributed by atoms with Crippen molar-refractivity contribution in [3.05, 3.63) is 48.0 Å². The largest absolute Gasteiger partial charge is 0.475 e. The molecule has 3 rings (SSSR count). The van der Waals surface area contributed by atoms with Crippen LogP contribution in [0, 0.1) is 5.92 Å². The Morgan fingerprint density at radius 1 is 1.06 bits per heavy atom. The molecular weight excluding hydrogens is 409 g/mol. The molecule has 0 aromatic heterocycles. The summed E-state index contributed by atoms with van der Waals surface area (Å²) in [5.41, 5.74) is 0.926. The van der Waals surface area contributed by atoms with E-state index in [4.69, 9.17) is 4.74 Å². The normalized spacial score (nSPS) is 16.0. The maximum Gasteiger partial charge on any atom is 0.475 e. The second kappa shape index (κ2) is 11.3. The summed E-state index contributed by atoms with van der Waals surface area (Å²) >= 11 is 0. The number of hydrogen-bond donors (Lipinski definition) is 4. The van der Waals surface area contributed by atoms with Crippen LogP contribution in [0.1, 0.15) is 25.8 Å². The fraction of sp³-hybridized carbons (Fsp3) is 0.478. The fourth-order valence-corrected chi connectivity index (χ4v) is 3.95. The zero-order valence-electron chi connectivity index (χ0n) is 18.7. The van der Waals surface area contributed by atoms with Crippen LogP contribution in [0.15, 0.2) is 42.5 Å². The van der Waals surface area contributed by atoms with Gasteiger partial charge in [-0.1, -0.05) is 56.3 Å². The predicted molar refractivity (Wildman–Crippen MR) is 124 cm³/mol. The standard InChI is InChI=1S/C23H32BN3O5/c1-16(2)14-21(24(30)31)26-22(28)20(25-23(29)27-10-12-32-13-11-27)15-18-8-5-7-17-6-3-4-9-19(17)18/h3-9,16,20-21,30-31H,10-15H2,1-2H3,(H,25,29)(H,26,28)/t20-,21+/m1/s1. The van der Waals surface area contributed by atoms with E-state index in [0.717, 1.165) is 16.3 Å². The predicted octanol–water partition coefficient (Wildman–Crippen LogP) is 1.34. The van der Waals surface area contributed by atoms with Crippen molar-refractivity contribution < 1.29 is 24.4 Å². The number of rotatable bonds is 8. The molecule has 0 unspecified atom stereocenters. The average molecular weight is 441 g/mol. The van der Waals surface area contributed by atoms with Gasteiger partial charge in [-0.05, 0) is 28.7 Å². The van der Waals surface area contributed by atoms with E-state index < -0.39 is 25.0 Å². The summed E-state index contributed by atoms with van der Waals surface area (Å²) in [6, 6.07) is 12.5. The smallest absolute Gasteiger partial charge is 0.426 e. The third kappa shape index (κ3) is 6.45. The van der Waals surface area contributed by atoms with Gasteiger partial charge in [-0.25, -0.2) is 4.79 Å². The molecule has 8 nitrogen and oxygen atoms in total. The Labute approximate surface area is 189 Å². The SMILES string of the molecule is CC(C)C[C@H](NC(=O)[C@@H](Cc1cccc2ccccc12)NC(=O)N1CCOCC1)B(O)O. The Bertz CT molecular complexity index is 912. The van der Waals surface area contributed by atoms with Gasteiger partial charge in [0.1, 0.15) is 6.04 Å². The summed E-state index contributed by atoms with van der Waals surface area (Å²) in [5.74, 6) is -1.11. The van der Waals surface area contributed by atoms with Crippen molar-refractivity contribution in [2.24, 2.45) is 5.92 Å². The number of nitrogens with zero attached hydrogens (tertiary/aromatic N) is 1. The second-order valence-electron chi connectivity index (χ2n) is 8.60. The van der Waals surface area contributed by atoms with E-state index in [9.17, 15) is 19.6 Å². The summed E-state index contributed by atoms with van der Waals surface area (Å²) in [7, 11) is -1.69. The van der Waals surface area contributed by atoms with Gasteiger partial charge in [-0.15, -0.1) is 0 Å². The van der Waals surface area contributed by atoms with Gasteiger partial charge in [0.05, 0.1) is 19.2 Å². The molecule has 2 aromatic rings. The number of carbonyl (C=O) groups is 2. The molecule has 9 heteroatoms. The van der Waals surface area contributed by atoms with Crippen LogP contribution >= 0.6 is 0 Å². The lowest BCUT2D eigenvalue weighted by Crippen LogP contribution is -2.57. The van der Waals surface area contributed by atoms with Crippen LogP contribution in [0.2, 0.25) is 0 Å². The van der Waals surface area contributed by atoms with Crippen molar-refractivity contribution in [3.63, 3.8) is 0 Å². The van der Waals surface area contributed by atoms with Gasteiger partial charge in [-0.3, -0.25) is 4.79 Å². The summed E-state index contributed by atoms with van der Waals surface area (Å²) in [5, 5.41) is 27.1. The first-order chi connectivity index (χ1) is 15.3. The molecule has 2 atom stereocenters. The minimum atomic E-state index is -1.69. The lowest BCUT2D eigenvalue weighted by molar-refractivity contribution is -0.123. The first-order valence-electron chi connectivity index (χ1n) is 11.1. The summed E-state index contributed by atoms with van der Waals surface area (Å²) in [6.07, 6.45) is 0.682. The first-order valence-corrected chi connectivity index (χ1v) is 11.1. The number of amides is 3. The van der Waals surface area contributed by atoms with Crippen molar-refractivity contribution in [1.82, 2.24) is 15.5 Å². The molecule has 4 N–H and O–H groups in total. The number of carbonyl (C=O) groups excluding carboxylic acids is 2. The monoisotopic (exact) mass is 441 g/mol. The molecule has 32 heavy (non-hydrogen) atoms. The summed E-state index contributed by atoms with van der Waals surface area (Å²) < 4.78 is 5.31. The molecule has 0 saturated carbocycles. The molecular formula is C23H32BN3O5. The molecule has 1 aliphatic heterocycles. The molecule has 0 aliphatic carbocycles. The lowest BCUT2D eigenvalue weighted by Gasteiger charge is -2.30. The Balaban J connectivity index is 1.82. The van der Waals surface area contributed by atoms with Gasteiger partial charge in [0.2, 0.25) is 5.91 Å². The number of fused-ring (bicyclic) bond motifs is 1. The van der Waals surface area contributed by atoms with E-state index in [-0.39, 0.29) is 18.4 Å². The van der Waals surface area contributed by atoms with Gasteiger partial charge in [0, 0.05) is 19.5 Å². The van der Waals surface area contributed by atoms with E-state index in [0.29, 0.717) is 32.7 Å². The van der Waals surface area contributed by atoms with Crippen LogP contribution < -0.4 is 10.6 Å². The number of morpholine rings is 1. The topological polar surface area (TPSA) is 111 Å². The summed E-state index contributed by atoms with van der Waals surface area (Å²) in [6.45, 7) is 5.71. The van der Waals surface area contributed by atoms with E-state index in [1.165, 1.54) is 0 Å². The third-order valence-corrected chi connectivity index (χ3v) is 5.63. The molecule has 172 valence electrons. The minimum absolute atomic E-state index is 0.154. The van der Waals surface area contributed by atoms with E-state index >= 15 is 0 Å². The Morgan fingerprint density at radius 2 is 1.75 bits per heavy atom. The number of urea groups is 1. The van der Waals surface area contributed by atoms with Crippen LogP contribution in [-0.2, 0) is 16.0 Å². The highest BCUT2D eigenvalue weighted by atomic mass is 16.5. The second-order valence-corrected chi connectivity index (χ2v) is 8.60. The maximum atomic E-state index is 13.2. The van der Waals surface area contributed by atoms with Gasteiger partial charge in [-0.2, -0.15) is 0 Å². The fourth-order valence-electron chi connectivity index (χ4n) is 3.95. The van der Waals surface area contributed by atoms with Crippen molar-refractivity contribution in [1.29, 1.82) is 0 Å². The maximum absolute atomic E-state index is 13.2. The van der Waals surface area contributed by atoms with Gasteiger partial charge < -0.3 is 30.3 Å². The molecule has 2 aromatic carbocycles. The zero-order chi connectivity index (χ0) is 23.1. The van der Waals surface area contributed by atoms with Crippen molar-refractivity contribution >= 4 is 29.8 Å².